The van der Waals surface area contributed by atoms with Crippen molar-refractivity contribution in [3.63, 3.8) is 0 Å². The van der Waals surface area contributed by atoms with Gasteiger partial charge in [-0.1, -0.05) is 19.3 Å². The van der Waals surface area contributed by atoms with Gasteiger partial charge in [-0.15, -0.1) is 0 Å². The van der Waals surface area contributed by atoms with Gasteiger partial charge in [0.25, 0.3) is 0 Å². The number of rotatable bonds is 5. The van der Waals surface area contributed by atoms with Gasteiger partial charge in [-0.3, -0.25) is 0 Å². The monoisotopic (exact) mass is 290 g/mol. The Morgan fingerprint density at radius 3 is 2.57 bits per heavy atom. The van der Waals surface area contributed by atoms with E-state index < -0.39 is 0 Å². The normalized spacial score (nSPS) is 21.6. The third-order valence-electron chi connectivity index (χ3n) is 3.89. The molecule has 2 amide bonds. The standard InChI is InChI=1S/C16H22N2O3/c19-16(17-12-4-2-1-3-5-12)18-13-6-8-14(9-7-13)20-10-15-11-21-15/h6-9,12,15H,1-5,10-11H2,(H2,17,18,19)/t15-/m1/s1. The molecule has 0 unspecified atom stereocenters. The van der Waals surface area contributed by atoms with Crippen molar-refractivity contribution in [3.8, 4) is 5.75 Å². The van der Waals surface area contributed by atoms with Crippen molar-refractivity contribution in [3.05, 3.63) is 24.3 Å². The zero-order valence-electron chi connectivity index (χ0n) is 12.1. The maximum atomic E-state index is 11.9. The molecule has 1 aliphatic heterocycles. The van der Waals surface area contributed by atoms with Crippen molar-refractivity contribution >= 4 is 11.7 Å². The van der Waals surface area contributed by atoms with Crippen LogP contribution in [0.1, 0.15) is 32.1 Å². The van der Waals surface area contributed by atoms with Crippen LogP contribution in [-0.2, 0) is 4.74 Å². The first-order chi connectivity index (χ1) is 10.3. The number of carbonyl (C=O) groups excluding carboxylic acids is 1. The molecule has 1 heterocycles. The molecule has 114 valence electrons. The molecule has 1 saturated heterocycles. The van der Waals surface area contributed by atoms with E-state index in [1.807, 2.05) is 24.3 Å². The summed E-state index contributed by atoms with van der Waals surface area (Å²) >= 11 is 0. The molecule has 1 atom stereocenters. The minimum Gasteiger partial charge on any atom is -0.491 e. The van der Waals surface area contributed by atoms with Crippen LogP contribution in [-0.4, -0.2) is 31.4 Å². The first kappa shape index (κ1) is 14.2. The molecule has 2 aliphatic rings. The van der Waals surface area contributed by atoms with Crippen LogP contribution >= 0.6 is 0 Å². The number of ether oxygens (including phenoxy) is 2. The lowest BCUT2D eigenvalue weighted by Gasteiger charge is -2.22. The molecule has 0 bridgehead atoms. The van der Waals surface area contributed by atoms with Gasteiger partial charge in [-0.05, 0) is 37.1 Å². The van der Waals surface area contributed by atoms with Crippen LogP contribution in [0.3, 0.4) is 0 Å². The van der Waals surface area contributed by atoms with Crippen molar-refractivity contribution in [2.24, 2.45) is 0 Å². The van der Waals surface area contributed by atoms with Crippen LogP contribution in [0.15, 0.2) is 24.3 Å². The van der Waals surface area contributed by atoms with Crippen molar-refractivity contribution < 1.29 is 14.3 Å². The molecule has 0 spiro atoms. The van der Waals surface area contributed by atoms with E-state index in [1.54, 1.807) is 0 Å². The van der Waals surface area contributed by atoms with E-state index >= 15 is 0 Å². The summed E-state index contributed by atoms with van der Waals surface area (Å²) in [7, 11) is 0. The first-order valence-corrected chi connectivity index (χ1v) is 7.71. The summed E-state index contributed by atoms with van der Waals surface area (Å²) in [6, 6.07) is 7.62. The number of nitrogens with one attached hydrogen (secondary N) is 2. The summed E-state index contributed by atoms with van der Waals surface area (Å²) in [6.07, 6.45) is 6.13. The Kier molecular flexibility index (Phi) is 4.60. The molecule has 5 nitrogen and oxygen atoms in total. The fraction of sp³-hybridized carbons (Fsp3) is 0.562. The van der Waals surface area contributed by atoms with Gasteiger partial charge < -0.3 is 20.1 Å². The Balaban J connectivity index is 1.43. The molecule has 1 saturated carbocycles. The number of epoxide rings is 1. The lowest BCUT2D eigenvalue weighted by atomic mass is 9.96. The van der Waals surface area contributed by atoms with E-state index in [-0.39, 0.29) is 12.1 Å². The smallest absolute Gasteiger partial charge is 0.319 e. The number of amides is 2. The summed E-state index contributed by atoms with van der Waals surface area (Å²) in [5, 5.41) is 5.90. The molecular formula is C16H22N2O3. The Labute approximate surface area is 125 Å². The molecule has 1 aliphatic carbocycles. The van der Waals surface area contributed by atoms with Crippen LogP contribution in [0, 0.1) is 0 Å². The Bertz CT molecular complexity index is 465. The van der Waals surface area contributed by atoms with Crippen LogP contribution in [0.4, 0.5) is 10.5 Å². The quantitative estimate of drug-likeness (QED) is 0.820. The molecule has 0 aromatic heterocycles. The van der Waals surface area contributed by atoms with Crippen LogP contribution < -0.4 is 15.4 Å². The number of hydrogen-bond acceptors (Lipinski definition) is 3. The average molecular weight is 290 g/mol. The molecule has 5 heteroatoms. The predicted octanol–water partition coefficient (Wildman–Crippen LogP) is 2.92. The number of benzene rings is 1. The van der Waals surface area contributed by atoms with Crippen molar-refractivity contribution in [2.75, 3.05) is 18.5 Å². The second-order valence-electron chi connectivity index (χ2n) is 5.72. The zero-order valence-corrected chi connectivity index (χ0v) is 12.1. The van der Waals surface area contributed by atoms with Gasteiger partial charge in [-0.25, -0.2) is 4.79 Å². The molecule has 3 rings (SSSR count). The van der Waals surface area contributed by atoms with Gasteiger partial charge in [0.1, 0.15) is 18.5 Å². The molecule has 2 N–H and O–H groups in total. The van der Waals surface area contributed by atoms with Gasteiger partial charge in [0, 0.05) is 11.7 Å². The Morgan fingerprint density at radius 2 is 1.90 bits per heavy atom. The van der Waals surface area contributed by atoms with E-state index in [0.29, 0.717) is 12.6 Å². The third kappa shape index (κ3) is 4.63. The van der Waals surface area contributed by atoms with Crippen LogP contribution in [0.25, 0.3) is 0 Å². The van der Waals surface area contributed by atoms with E-state index in [0.717, 1.165) is 30.9 Å². The van der Waals surface area contributed by atoms with Crippen molar-refractivity contribution in [1.29, 1.82) is 0 Å². The largest absolute Gasteiger partial charge is 0.491 e. The lowest BCUT2D eigenvalue weighted by molar-refractivity contribution is 0.244. The van der Waals surface area contributed by atoms with Gasteiger partial charge in [0.15, 0.2) is 0 Å². The summed E-state index contributed by atoms with van der Waals surface area (Å²) < 4.78 is 10.6. The van der Waals surface area contributed by atoms with Gasteiger partial charge in [0.05, 0.1) is 6.61 Å². The van der Waals surface area contributed by atoms with Gasteiger partial charge in [-0.2, -0.15) is 0 Å². The molecular weight excluding hydrogens is 268 g/mol. The van der Waals surface area contributed by atoms with Gasteiger partial charge >= 0.3 is 6.03 Å². The van der Waals surface area contributed by atoms with E-state index in [2.05, 4.69) is 10.6 Å². The van der Waals surface area contributed by atoms with Crippen molar-refractivity contribution in [1.82, 2.24) is 5.32 Å². The molecule has 0 radical (unpaired) electrons. The Hall–Kier alpha value is -1.75. The average Bonchev–Trinajstić information content (AvgIpc) is 3.32. The molecule has 1 aromatic rings. The topological polar surface area (TPSA) is 62.9 Å². The highest BCUT2D eigenvalue weighted by molar-refractivity contribution is 5.89. The highest BCUT2D eigenvalue weighted by Gasteiger charge is 2.23. The van der Waals surface area contributed by atoms with E-state index in [4.69, 9.17) is 9.47 Å². The molecule has 21 heavy (non-hydrogen) atoms. The number of hydrogen-bond donors (Lipinski definition) is 2. The Morgan fingerprint density at radius 1 is 1.19 bits per heavy atom. The summed E-state index contributed by atoms with van der Waals surface area (Å²) in [4.78, 5) is 11.9. The first-order valence-electron chi connectivity index (χ1n) is 7.71. The summed E-state index contributed by atoms with van der Waals surface area (Å²) in [5.41, 5.74) is 0.776. The maximum Gasteiger partial charge on any atom is 0.319 e. The number of carbonyl (C=O) groups is 1. The number of urea groups is 1. The second-order valence-corrected chi connectivity index (χ2v) is 5.72. The van der Waals surface area contributed by atoms with Crippen LogP contribution in [0.2, 0.25) is 0 Å². The summed E-state index contributed by atoms with van der Waals surface area (Å²) in [6.45, 7) is 1.38. The molecule has 1 aromatic carbocycles. The van der Waals surface area contributed by atoms with Crippen molar-refractivity contribution in [2.45, 2.75) is 44.2 Å². The fourth-order valence-corrected chi connectivity index (χ4v) is 2.59. The van der Waals surface area contributed by atoms with Gasteiger partial charge in [0.2, 0.25) is 0 Å². The SMILES string of the molecule is O=C(Nc1ccc(OC[C@@H]2CO2)cc1)NC1CCCCC1. The second kappa shape index (κ2) is 6.80. The fourth-order valence-electron chi connectivity index (χ4n) is 2.59. The van der Waals surface area contributed by atoms with E-state index in [1.165, 1.54) is 19.3 Å². The minimum absolute atomic E-state index is 0.123. The van der Waals surface area contributed by atoms with E-state index in [9.17, 15) is 4.79 Å². The van der Waals surface area contributed by atoms with Crippen LogP contribution in [0.5, 0.6) is 5.75 Å². The lowest BCUT2D eigenvalue weighted by Crippen LogP contribution is -2.38. The third-order valence-corrected chi connectivity index (χ3v) is 3.89. The highest BCUT2D eigenvalue weighted by atomic mass is 16.6. The maximum absolute atomic E-state index is 11.9. The predicted molar refractivity (Wildman–Crippen MR) is 80.7 cm³/mol. The highest BCUT2D eigenvalue weighted by Crippen LogP contribution is 2.19. The zero-order chi connectivity index (χ0) is 14.5. The summed E-state index contributed by atoms with van der Waals surface area (Å²) in [5.74, 6) is 0.795. The number of anilines is 1. The minimum atomic E-state index is -0.123. The molecule has 2 fully saturated rings.